The van der Waals surface area contributed by atoms with Gasteiger partial charge in [0, 0.05) is 10.9 Å². The Kier molecular flexibility index (Phi) is 5.50. The molecular formula is C23H21N3O5S. The predicted molar refractivity (Wildman–Crippen MR) is 123 cm³/mol. The number of nitrogens with one attached hydrogen (secondary N) is 3. The lowest BCUT2D eigenvalue weighted by Gasteiger charge is -2.13. The van der Waals surface area contributed by atoms with E-state index in [2.05, 4.69) is 15.0 Å². The monoisotopic (exact) mass is 451 g/mol. The fraction of sp³-hybridized carbons (Fsp3) is 0.0870. The van der Waals surface area contributed by atoms with Gasteiger partial charge in [-0.15, -0.1) is 0 Å². The molecule has 1 aromatic heterocycles. The van der Waals surface area contributed by atoms with Crippen LogP contribution in [-0.2, 0) is 10.0 Å². The smallest absolute Gasteiger partial charge is 0.272 e. The highest BCUT2D eigenvalue weighted by Crippen LogP contribution is 2.30. The molecule has 0 aliphatic heterocycles. The molecule has 1 amide bonds. The van der Waals surface area contributed by atoms with Gasteiger partial charge in [-0.25, -0.2) is 8.42 Å². The molecule has 0 aliphatic rings. The van der Waals surface area contributed by atoms with Crippen LogP contribution in [0, 0.1) is 6.92 Å². The predicted octanol–water partition coefficient (Wildman–Crippen LogP) is 4.24. The zero-order valence-corrected chi connectivity index (χ0v) is 18.2. The topological polar surface area (TPSA) is 121 Å². The molecule has 164 valence electrons. The second-order valence-corrected chi connectivity index (χ2v) is 8.89. The van der Waals surface area contributed by atoms with Crippen LogP contribution in [0.2, 0.25) is 0 Å². The first kappa shape index (κ1) is 21.3. The van der Waals surface area contributed by atoms with Crippen molar-refractivity contribution in [3.63, 3.8) is 0 Å². The molecule has 3 aromatic carbocycles. The van der Waals surface area contributed by atoms with E-state index in [0.29, 0.717) is 5.75 Å². The van der Waals surface area contributed by atoms with Gasteiger partial charge in [-0.1, -0.05) is 23.8 Å². The number of fused-ring (bicyclic) bond motifs is 1. The first-order valence-electron chi connectivity index (χ1n) is 9.66. The van der Waals surface area contributed by atoms with Crippen molar-refractivity contribution in [2.24, 2.45) is 0 Å². The lowest BCUT2D eigenvalue weighted by Crippen LogP contribution is -2.15. The number of amides is 1. The third-order valence-corrected chi connectivity index (χ3v) is 6.26. The Labute approximate surface area is 184 Å². The number of anilines is 2. The number of H-pyrrole nitrogens is 1. The first-order chi connectivity index (χ1) is 15.3. The normalized spacial score (nSPS) is 11.3. The van der Waals surface area contributed by atoms with Gasteiger partial charge < -0.3 is 20.1 Å². The summed E-state index contributed by atoms with van der Waals surface area (Å²) in [6.07, 6.45) is 0. The number of hydrogen-bond donors (Lipinski definition) is 4. The zero-order chi connectivity index (χ0) is 22.9. The maximum absolute atomic E-state index is 12.9. The molecular weight excluding hydrogens is 430 g/mol. The Morgan fingerprint density at radius 2 is 1.78 bits per heavy atom. The molecule has 4 aromatic rings. The fourth-order valence-electron chi connectivity index (χ4n) is 3.28. The minimum atomic E-state index is -4.01. The summed E-state index contributed by atoms with van der Waals surface area (Å²) in [6, 6.07) is 17.7. The van der Waals surface area contributed by atoms with Crippen molar-refractivity contribution in [1.82, 2.24) is 4.98 Å². The first-order valence-corrected chi connectivity index (χ1v) is 11.1. The largest absolute Gasteiger partial charge is 0.506 e. The van der Waals surface area contributed by atoms with E-state index in [9.17, 15) is 18.3 Å². The standard InChI is InChI=1S/C23H21N3O5S/c1-14-7-9-17-15(11-14)12-20(24-17)23(28)25-19-13-16(8-10-21(19)27)32(29,30)26-18-5-3-4-6-22(18)31-2/h3-13,24,26-27H,1-2H3,(H,25,28). The maximum Gasteiger partial charge on any atom is 0.272 e. The highest BCUT2D eigenvalue weighted by Gasteiger charge is 2.19. The van der Waals surface area contributed by atoms with Crippen LogP contribution in [0.25, 0.3) is 10.9 Å². The van der Waals surface area contributed by atoms with Crippen molar-refractivity contribution in [3.05, 3.63) is 78.0 Å². The van der Waals surface area contributed by atoms with Crippen molar-refractivity contribution in [2.75, 3.05) is 17.1 Å². The zero-order valence-electron chi connectivity index (χ0n) is 17.3. The molecule has 9 heteroatoms. The van der Waals surface area contributed by atoms with E-state index in [4.69, 9.17) is 4.74 Å². The number of methoxy groups -OCH3 is 1. The molecule has 0 bridgehead atoms. The lowest BCUT2D eigenvalue weighted by molar-refractivity contribution is 0.102. The second-order valence-electron chi connectivity index (χ2n) is 7.21. The molecule has 32 heavy (non-hydrogen) atoms. The molecule has 0 radical (unpaired) electrons. The van der Waals surface area contributed by atoms with Crippen molar-refractivity contribution in [2.45, 2.75) is 11.8 Å². The summed E-state index contributed by atoms with van der Waals surface area (Å²) in [4.78, 5) is 15.6. The molecule has 0 atom stereocenters. The number of hydrogen-bond acceptors (Lipinski definition) is 5. The second kappa shape index (κ2) is 8.27. The third kappa shape index (κ3) is 4.23. The Morgan fingerprint density at radius 3 is 2.56 bits per heavy atom. The quantitative estimate of drug-likeness (QED) is 0.327. The van der Waals surface area contributed by atoms with Gasteiger partial charge in [0.2, 0.25) is 0 Å². The molecule has 0 spiro atoms. The summed E-state index contributed by atoms with van der Waals surface area (Å²) >= 11 is 0. The number of phenols is 1. The van der Waals surface area contributed by atoms with Gasteiger partial charge in [0.25, 0.3) is 15.9 Å². The van der Waals surface area contributed by atoms with Crippen molar-refractivity contribution < 1.29 is 23.1 Å². The van der Waals surface area contributed by atoms with E-state index >= 15 is 0 Å². The van der Waals surface area contributed by atoms with E-state index in [-0.39, 0.29) is 27.7 Å². The van der Waals surface area contributed by atoms with Gasteiger partial charge in [0.1, 0.15) is 17.2 Å². The number of ether oxygens (including phenoxy) is 1. The number of carbonyl (C=O) groups excluding carboxylic acids is 1. The van der Waals surface area contributed by atoms with Crippen LogP contribution in [0.5, 0.6) is 11.5 Å². The van der Waals surface area contributed by atoms with E-state index < -0.39 is 15.9 Å². The van der Waals surface area contributed by atoms with Gasteiger partial charge in [-0.2, -0.15) is 0 Å². The number of sulfonamides is 1. The number of aromatic hydroxyl groups is 1. The number of aromatic amines is 1. The number of carbonyl (C=O) groups is 1. The van der Waals surface area contributed by atoms with Crippen LogP contribution in [0.1, 0.15) is 16.1 Å². The number of phenolic OH excluding ortho intramolecular Hbond substituents is 1. The number of rotatable bonds is 6. The highest BCUT2D eigenvalue weighted by atomic mass is 32.2. The minimum absolute atomic E-state index is 0.0345. The third-order valence-electron chi connectivity index (χ3n) is 4.90. The summed E-state index contributed by atoms with van der Waals surface area (Å²) in [6.45, 7) is 1.95. The number of aryl methyl sites for hydroxylation is 1. The molecule has 4 rings (SSSR count). The van der Waals surface area contributed by atoms with Crippen LogP contribution in [0.3, 0.4) is 0 Å². The molecule has 0 fully saturated rings. The Morgan fingerprint density at radius 1 is 1.00 bits per heavy atom. The van der Waals surface area contributed by atoms with Crippen LogP contribution < -0.4 is 14.8 Å². The van der Waals surface area contributed by atoms with E-state index in [0.717, 1.165) is 16.5 Å². The molecule has 0 saturated heterocycles. The van der Waals surface area contributed by atoms with E-state index in [1.165, 1.54) is 25.3 Å². The molecule has 0 saturated carbocycles. The van der Waals surface area contributed by atoms with Crippen LogP contribution >= 0.6 is 0 Å². The average Bonchev–Trinajstić information content (AvgIpc) is 3.18. The number of aromatic nitrogens is 1. The van der Waals surface area contributed by atoms with Gasteiger partial charge in [0.05, 0.1) is 23.4 Å². The van der Waals surface area contributed by atoms with Crippen LogP contribution in [0.15, 0.2) is 71.6 Å². The number of benzene rings is 3. The van der Waals surface area contributed by atoms with E-state index in [1.54, 1.807) is 30.3 Å². The maximum atomic E-state index is 12.9. The summed E-state index contributed by atoms with van der Waals surface area (Å²) in [5, 5.41) is 13.6. The van der Waals surface area contributed by atoms with Gasteiger partial charge in [-0.3, -0.25) is 9.52 Å². The molecule has 0 aliphatic carbocycles. The summed E-state index contributed by atoms with van der Waals surface area (Å²) < 4.78 is 33.4. The van der Waals surface area contributed by atoms with Crippen LogP contribution in [0.4, 0.5) is 11.4 Å². The minimum Gasteiger partial charge on any atom is -0.506 e. The molecule has 1 heterocycles. The Bertz CT molecular complexity index is 1430. The van der Waals surface area contributed by atoms with E-state index in [1.807, 2.05) is 25.1 Å². The molecule has 4 N–H and O–H groups in total. The number of para-hydroxylation sites is 2. The van der Waals surface area contributed by atoms with Crippen molar-refractivity contribution >= 4 is 38.2 Å². The fourth-order valence-corrected chi connectivity index (χ4v) is 4.38. The van der Waals surface area contributed by atoms with Gasteiger partial charge >= 0.3 is 0 Å². The average molecular weight is 452 g/mol. The van der Waals surface area contributed by atoms with Gasteiger partial charge in [-0.05, 0) is 55.5 Å². The summed E-state index contributed by atoms with van der Waals surface area (Å²) in [5.41, 5.74) is 2.36. The molecule has 8 nitrogen and oxygen atoms in total. The highest BCUT2D eigenvalue weighted by molar-refractivity contribution is 7.92. The summed E-state index contributed by atoms with van der Waals surface area (Å²) in [5.74, 6) is -0.416. The van der Waals surface area contributed by atoms with Crippen LogP contribution in [-0.4, -0.2) is 31.5 Å². The lowest BCUT2D eigenvalue weighted by atomic mass is 10.2. The SMILES string of the molecule is COc1ccccc1NS(=O)(=O)c1ccc(O)c(NC(=O)c2cc3cc(C)ccc3[nH]2)c1. The van der Waals surface area contributed by atoms with Gasteiger partial charge in [0.15, 0.2) is 0 Å². The Balaban J connectivity index is 1.61. The van der Waals surface area contributed by atoms with Crippen molar-refractivity contribution in [1.29, 1.82) is 0 Å². The molecule has 0 unspecified atom stereocenters. The van der Waals surface area contributed by atoms with Crippen molar-refractivity contribution in [3.8, 4) is 11.5 Å². The summed E-state index contributed by atoms with van der Waals surface area (Å²) in [7, 11) is -2.57. The Hall–Kier alpha value is -3.98.